The van der Waals surface area contributed by atoms with Gasteiger partial charge in [0.15, 0.2) is 0 Å². The first kappa shape index (κ1) is 25.8. The summed E-state index contributed by atoms with van der Waals surface area (Å²) in [6.07, 6.45) is -4.07. The number of urea groups is 1. The van der Waals surface area contributed by atoms with E-state index in [-0.39, 0.29) is 22.8 Å². The smallest absolute Gasteiger partial charge is 0.336 e. The van der Waals surface area contributed by atoms with Crippen LogP contribution in [-0.4, -0.2) is 41.5 Å². The zero-order chi connectivity index (χ0) is 26.1. The van der Waals surface area contributed by atoms with Crippen molar-refractivity contribution in [2.24, 2.45) is 0 Å². The first-order valence-electron chi connectivity index (χ1n) is 10.9. The fraction of sp³-hybridized carbons (Fsp3) is 0.280. The molecular formula is C25H20ClF6N3O. The minimum atomic E-state index is -4.85. The second kappa shape index (κ2) is 9.65. The number of halogens is 7. The zero-order valence-electron chi connectivity index (χ0n) is 18.6. The Morgan fingerprint density at radius 1 is 1.03 bits per heavy atom. The van der Waals surface area contributed by atoms with Crippen LogP contribution < -0.4 is 5.32 Å². The van der Waals surface area contributed by atoms with Gasteiger partial charge in [0.2, 0.25) is 0 Å². The summed E-state index contributed by atoms with van der Waals surface area (Å²) in [4.78, 5) is 18.0. The van der Waals surface area contributed by atoms with Gasteiger partial charge in [0, 0.05) is 25.7 Å². The number of carbonyl (C=O) groups excluding carboxylic acids is 1. The second-order valence-corrected chi connectivity index (χ2v) is 8.98. The van der Waals surface area contributed by atoms with E-state index < -0.39 is 54.4 Å². The van der Waals surface area contributed by atoms with E-state index >= 15 is 0 Å². The predicted octanol–water partition coefficient (Wildman–Crippen LogP) is 6.28. The Bertz CT molecular complexity index is 1240. The highest BCUT2D eigenvalue weighted by atomic mass is 35.5. The third-order valence-corrected chi connectivity index (χ3v) is 6.33. The number of alkyl halides is 5. The van der Waals surface area contributed by atoms with Gasteiger partial charge in [-0.05, 0) is 41.5 Å². The van der Waals surface area contributed by atoms with Crippen LogP contribution in [0.4, 0.5) is 31.1 Å². The molecule has 1 aliphatic heterocycles. The number of nitrogens with zero attached hydrogens (tertiary/aromatic N) is 2. The Kier molecular flexibility index (Phi) is 6.92. The summed E-state index contributed by atoms with van der Waals surface area (Å²) in [6.45, 7) is -1.36. The van der Waals surface area contributed by atoms with Crippen LogP contribution in [0.15, 0.2) is 66.9 Å². The fourth-order valence-corrected chi connectivity index (χ4v) is 4.45. The summed E-state index contributed by atoms with van der Waals surface area (Å²) in [7, 11) is 0. The Balaban J connectivity index is 1.88. The standard InChI is InChI=1S/C25H20ClF6N3O/c26-19-6-7-21(33-13-19)24(16-4-2-1-3-5-16,14-34-22(36)35-9-8-23(28,29)15-35)17-10-18(25(30,31)32)12-20(27)11-17/h1-7,10-13H,8-9,14-15H2,(H,34,36). The lowest BCUT2D eigenvalue weighted by Gasteiger charge is -2.36. The third kappa shape index (κ3) is 5.28. The number of benzene rings is 2. The molecule has 0 saturated carbocycles. The summed E-state index contributed by atoms with van der Waals surface area (Å²) >= 11 is 5.99. The minimum Gasteiger partial charge on any atom is -0.336 e. The van der Waals surface area contributed by atoms with Crippen molar-refractivity contribution in [3.8, 4) is 0 Å². The average Bonchev–Trinajstić information content (AvgIpc) is 3.20. The molecule has 1 N–H and O–H groups in total. The number of nitrogens with one attached hydrogen (secondary N) is 1. The van der Waals surface area contributed by atoms with Crippen molar-refractivity contribution in [2.45, 2.75) is 23.9 Å². The molecule has 11 heteroatoms. The van der Waals surface area contributed by atoms with Crippen LogP contribution in [0.2, 0.25) is 5.02 Å². The third-order valence-electron chi connectivity index (χ3n) is 6.11. The summed E-state index contributed by atoms with van der Waals surface area (Å²) in [6, 6.07) is 12.4. The van der Waals surface area contributed by atoms with Crippen LogP contribution in [0.3, 0.4) is 0 Å². The number of amides is 2. The Hall–Kier alpha value is -3.27. The van der Waals surface area contributed by atoms with Crippen LogP contribution in [-0.2, 0) is 11.6 Å². The van der Waals surface area contributed by atoms with Gasteiger partial charge >= 0.3 is 12.2 Å². The van der Waals surface area contributed by atoms with Crippen molar-refractivity contribution in [1.29, 1.82) is 0 Å². The number of aromatic nitrogens is 1. The molecule has 0 bridgehead atoms. The maximum atomic E-state index is 14.6. The molecule has 190 valence electrons. The number of carbonyl (C=O) groups is 1. The van der Waals surface area contributed by atoms with Crippen molar-refractivity contribution >= 4 is 17.6 Å². The van der Waals surface area contributed by atoms with Crippen molar-refractivity contribution < 1.29 is 31.1 Å². The van der Waals surface area contributed by atoms with Gasteiger partial charge in [-0.2, -0.15) is 13.2 Å². The zero-order valence-corrected chi connectivity index (χ0v) is 19.4. The average molecular weight is 528 g/mol. The SMILES string of the molecule is O=C(NCC(c1ccccc1)(c1cc(F)cc(C(F)(F)F)c1)c1ccc(Cl)cn1)N1CCC(F)(F)C1. The molecule has 1 saturated heterocycles. The topological polar surface area (TPSA) is 45.2 Å². The molecule has 1 unspecified atom stereocenters. The molecule has 4 nitrogen and oxygen atoms in total. The lowest BCUT2D eigenvalue weighted by molar-refractivity contribution is -0.137. The largest absolute Gasteiger partial charge is 0.416 e. The van der Waals surface area contributed by atoms with Gasteiger partial charge < -0.3 is 10.2 Å². The first-order valence-corrected chi connectivity index (χ1v) is 11.2. The van der Waals surface area contributed by atoms with Gasteiger partial charge in [0.05, 0.1) is 28.2 Å². The minimum absolute atomic E-state index is 0.136. The molecule has 36 heavy (non-hydrogen) atoms. The molecule has 1 aromatic heterocycles. The van der Waals surface area contributed by atoms with Crippen LogP contribution in [0.1, 0.15) is 28.8 Å². The molecule has 1 atom stereocenters. The molecular weight excluding hydrogens is 508 g/mol. The number of pyridine rings is 1. The fourth-order valence-electron chi connectivity index (χ4n) is 4.34. The van der Waals surface area contributed by atoms with E-state index in [1.807, 2.05) is 0 Å². The van der Waals surface area contributed by atoms with E-state index in [0.29, 0.717) is 11.6 Å². The van der Waals surface area contributed by atoms with Gasteiger partial charge in [0.1, 0.15) is 5.82 Å². The summed E-state index contributed by atoms with van der Waals surface area (Å²) < 4.78 is 82.8. The molecule has 1 fully saturated rings. The van der Waals surface area contributed by atoms with Crippen LogP contribution in [0.25, 0.3) is 0 Å². The molecule has 1 aliphatic rings. The van der Waals surface area contributed by atoms with Gasteiger partial charge in [0.25, 0.3) is 5.92 Å². The van der Waals surface area contributed by atoms with Gasteiger partial charge in [-0.3, -0.25) is 4.98 Å². The number of rotatable bonds is 5. The van der Waals surface area contributed by atoms with Crippen LogP contribution in [0, 0.1) is 5.82 Å². The van der Waals surface area contributed by atoms with Crippen LogP contribution >= 0.6 is 11.6 Å². The lowest BCUT2D eigenvalue weighted by Crippen LogP contribution is -2.48. The van der Waals surface area contributed by atoms with Gasteiger partial charge in [-0.25, -0.2) is 18.0 Å². The van der Waals surface area contributed by atoms with E-state index in [1.54, 1.807) is 30.3 Å². The highest BCUT2D eigenvalue weighted by molar-refractivity contribution is 6.30. The molecule has 0 spiro atoms. The predicted molar refractivity (Wildman–Crippen MR) is 122 cm³/mol. The molecule has 0 aliphatic carbocycles. The molecule has 2 heterocycles. The maximum absolute atomic E-state index is 14.6. The Morgan fingerprint density at radius 3 is 2.31 bits per heavy atom. The normalized spacial score (nSPS) is 17.0. The molecule has 2 aromatic carbocycles. The molecule has 2 amide bonds. The highest BCUT2D eigenvalue weighted by Crippen LogP contribution is 2.41. The molecule has 0 radical (unpaired) electrons. The van der Waals surface area contributed by atoms with E-state index in [4.69, 9.17) is 11.6 Å². The lowest BCUT2D eigenvalue weighted by atomic mass is 9.71. The Labute approximate surface area is 207 Å². The molecule has 4 rings (SSSR count). The van der Waals surface area contributed by atoms with E-state index in [0.717, 1.165) is 17.0 Å². The van der Waals surface area contributed by atoms with Gasteiger partial charge in [-0.15, -0.1) is 0 Å². The quantitative estimate of drug-likeness (QED) is 0.397. The van der Waals surface area contributed by atoms with Gasteiger partial charge in [-0.1, -0.05) is 41.9 Å². The number of likely N-dealkylation sites (tertiary alicyclic amines) is 1. The first-order chi connectivity index (χ1) is 16.9. The molecule has 3 aromatic rings. The summed E-state index contributed by atoms with van der Waals surface area (Å²) in [5.41, 5.74) is -2.42. The van der Waals surface area contributed by atoms with Crippen molar-refractivity contribution in [3.63, 3.8) is 0 Å². The number of hydrogen-bond acceptors (Lipinski definition) is 2. The van der Waals surface area contributed by atoms with Crippen molar-refractivity contribution in [1.82, 2.24) is 15.2 Å². The maximum Gasteiger partial charge on any atom is 0.416 e. The van der Waals surface area contributed by atoms with E-state index in [1.165, 1.54) is 18.3 Å². The Morgan fingerprint density at radius 2 is 1.72 bits per heavy atom. The van der Waals surface area contributed by atoms with E-state index in [2.05, 4.69) is 10.3 Å². The van der Waals surface area contributed by atoms with Crippen LogP contribution in [0.5, 0.6) is 0 Å². The monoisotopic (exact) mass is 527 g/mol. The number of hydrogen-bond donors (Lipinski definition) is 1. The van der Waals surface area contributed by atoms with Crippen molar-refractivity contribution in [2.75, 3.05) is 19.6 Å². The van der Waals surface area contributed by atoms with Crippen molar-refractivity contribution in [3.05, 3.63) is 100 Å². The van der Waals surface area contributed by atoms with E-state index in [9.17, 15) is 31.1 Å². The second-order valence-electron chi connectivity index (χ2n) is 8.55. The summed E-state index contributed by atoms with van der Waals surface area (Å²) in [5, 5.41) is 2.82. The highest BCUT2D eigenvalue weighted by Gasteiger charge is 2.43. The summed E-state index contributed by atoms with van der Waals surface area (Å²) in [5.74, 6) is -4.17.